The summed E-state index contributed by atoms with van der Waals surface area (Å²) in [5.74, 6) is 1.86. The maximum absolute atomic E-state index is 11.7. The summed E-state index contributed by atoms with van der Waals surface area (Å²) in [6.07, 6.45) is 1.55. The molecule has 19 heavy (non-hydrogen) atoms. The summed E-state index contributed by atoms with van der Waals surface area (Å²) in [5, 5.41) is 2.98. The van der Waals surface area contributed by atoms with E-state index in [0.29, 0.717) is 18.8 Å². The van der Waals surface area contributed by atoms with Gasteiger partial charge in [0.2, 0.25) is 6.79 Å². The lowest BCUT2D eigenvalue weighted by Crippen LogP contribution is -2.30. The second kappa shape index (κ2) is 5.02. The van der Waals surface area contributed by atoms with Crippen molar-refractivity contribution in [1.82, 2.24) is 5.32 Å². The van der Waals surface area contributed by atoms with Gasteiger partial charge in [-0.25, -0.2) is 8.42 Å². The van der Waals surface area contributed by atoms with E-state index in [-0.39, 0.29) is 12.0 Å². The standard InChI is InChI=1S/C13H17NO4S/c15-19(16)6-2-4-11(19)8-14-7-10-3-1-5-12-13(10)18-9-17-12/h1,3,5,11,14H,2,4,6-9H2. The second-order valence-electron chi connectivity index (χ2n) is 4.91. The summed E-state index contributed by atoms with van der Waals surface area (Å²) in [6, 6.07) is 5.74. The Balaban J connectivity index is 1.60. The van der Waals surface area contributed by atoms with E-state index in [2.05, 4.69) is 5.32 Å². The molecule has 2 aliphatic rings. The van der Waals surface area contributed by atoms with Crippen molar-refractivity contribution in [1.29, 1.82) is 0 Å². The van der Waals surface area contributed by atoms with Crippen LogP contribution in [0.5, 0.6) is 11.5 Å². The van der Waals surface area contributed by atoms with Crippen molar-refractivity contribution in [2.24, 2.45) is 0 Å². The summed E-state index contributed by atoms with van der Waals surface area (Å²) in [4.78, 5) is 0. The Labute approximate surface area is 112 Å². The highest BCUT2D eigenvalue weighted by Gasteiger charge is 2.30. The molecule has 1 aromatic rings. The van der Waals surface area contributed by atoms with E-state index in [4.69, 9.17) is 9.47 Å². The molecule has 0 bridgehead atoms. The van der Waals surface area contributed by atoms with E-state index in [0.717, 1.165) is 29.9 Å². The van der Waals surface area contributed by atoms with Crippen molar-refractivity contribution in [2.45, 2.75) is 24.6 Å². The van der Waals surface area contributed by atoms with Crippen molar-refractivity contribution in [2.75, 3.05) is 19.1 Å². The lowest BCUT2D eigenvalue weighted by Gasteiger charge is -2.11. The fourth-order valence-corrected chi connectivity index (χ4v) is 4.39. The van der Waals surface area contributed by atoms with Crippen LogP contribution in [0, 0.1) is 0 Å². The zero-order valence-corrected chi connectivity index (χ0v) is 11.4. The summed E-state index contributed by atoms with van der Waals surface area (Å²) in [6.45, 7) is 1.36. The minimum atomic E-state index is -2.87. The van der Waals surface area contributed by atoms with Crippen molar-refractivity contribution in [3.63, 3.8) is 0 Å². The zero-order chi connectivity index (χ0) is 13.3. The molecule has 2 aliphatic heterocycles. The summed E-state index contributed by atoms with van der Waals surface area (Å²) in [7, 11) is -2.87. The summed E-state index contributed by atoms with van der Waals surface area (Å²) < 4.78 is 34.1. The molecule has 104 valence electrons. The third kappa shape index (κ3) is 2.55. The van der Waals surface area contributed by atoms with Crippen molar-refractivity contribution < 1.29 is 17.9 Å². The van der Waals surface area contributed by atoms with Gasteiger partial charge in [0.1, 0.15) is 0 Å². The fraction of sp³-hybridized carbons (Fsp3) is 0.538. The highest BCUT2D eigenvalue weighted by molar-refractivity contribution is 7.92. The van der Waals surface area contributed by atoms with Gasteiger partial charge in [-0.15, -0.1) is 0 Å². The van der Waals surface area contributed by atoms with Crippen LogP contribution in [0.3, 0.4) is 0 Å². The Morgan fingerprint density at radius 2 is 2.21 bits per heavy atom. The van der Waals surface area contributed by atoms with Gasteiger partial charge >= 0.3 is 0 Å². The monoisotopic (exact) mass is 283 g/mol. The molecule has 1 N–H and O–H groups in total. The topological polar surface area (TPSA) is 64.6 Å². The van der Waals surface area contributed by atoms with Gasteiger partial charge in [0.15, 0.2) is 21.3 Å². The maximum atomic E-state index is 11.7. The first kappa shape index (κ1) is 12.7. The second-order valence-corrected chi connectivity index (χ2v) is 7.31. The Kier molecular flexibility index (Phi) is 3.36. The van der Waals surface area contributed by atoms with Gasteiger partial charge in [0.25, 0.3) is 0 Å². The molecule has 0 aliphatic carbocycles. The van der Waals surface area contributed by atoms with Crippen molar-refractivity contribution >= 4 is 9.84 Å². The smallest absolute Gasteiger partial charge is 0.231 e. The number of nitrogens with one attached hydrogen (secondary N) is 1. The van der Waals surface area contributed by atoms with Crippen LogP contribution in [0.15, 0.2) is 18.2 Å². The molecular formula is C13H17NO4S. The molecule has 1 saturated heterocycles. The molecule has 1 unspecified atom stereocenters. The predicted octanol–water partition coefficient (Wildman–Crippen LogP) is 1.08. The van der Waals surface area contributed by atoms with Crippen LogP contribution in [0.25, 0.3) is 0 Å². The van der Waals surface area contributed by atoms with Gasteiger partial charge in [-0.05, 0) is 18.9 Å². The highest BCUT2D eigenvalue weighted by atomic mass is 32.2. The van der Waals surface area contributed by atoms with Crippen molar-refractivity contribution in [3.05, 3.63) is 23.8 Å². The first-order valence-corrected chi connectivity index (χ1v) is 8.18. The van der Waals surface area contributed by atoms with Gasteiger partial charge < -0.3 is 14.8 Å². The normalized spacial score (nSPS) is 23.7. The molecule has 0 saturated carbocycles. The highest BCUT2D eigenvalue weighted by Crippen LogP contribution is 2.35. The van der Waals surface area contributed by atoms with Crippen LogP contribution in [0.1, 0.15) is 18.4 Å². The first-order valence-electron chi connectivity index (χ1n) is 6.46. The molecule has 0 amide bonds. The number of rotatable bonds is 4. The Morgan fingerprint density at radius 3 is 3.00 bits per heavy atom. The third-order valence-corrected chi connectivity index (χ3v) is 5.90. The van der Waals surface area contributed by atoms with E-state index in [9.17, 15) is 8.42 Å². The first-order chi connectivity index (χ1) is 9.17. The van der Waals surface area contributed by atoms with Crippen molar-refractivity contribution in [3.8, 4) is 11.5 Å². The zero-order valence-electron chi connectivity index (χ0n) is 10.6. The molecule has 0 aromatic heterocycles. The number of sulfone groups is 1. The quantitative estimate of drug-likeness (QED) is 0.896. The molecule has 5 nitrogen and oxygen atoms in total. The average Bonchev–Trinajstić information content (AvgIpc) is 2.96. The summed E-state index contributed by atoms with van der Waals surface area (Å²) in [5.41, 5.74) is 1.00. The Hall–Kier alpha value is -1.27. The van der Waals surface area contributed by atoms with Gasteiger partial charge in [-0.3, -0.25) is 0 Å². The number of benzene rings is 1. The number of hydrogen-bond donors (Lipinski definition) is 1. The van der Waals surface area contributed by atoms with Crippen LogP contribution >= 0.6 is 0 Å². The Morgan fingerprint density at radius 1 is 1.32 bits per heavy atom. The third-order valence-electron chi connectivity index (χ3n) is 3.63. The van der Waals surface area contributed by atoms with E-state index < -0.39 is 9.84 Å². The van der Waals surface area contributed by atoms with Crippen LogP contribution in [-0.4, -0.2) is 32.8 Å². The van der Waals surface area contributed by atoms with Gasteiger partial charge in [0.05, 0.1) is 11.0 Å². The molecule has 1 atom stereocenters. The predicted molar refractivity (Wildman–Crippen MR) is 71.1 cm³/mol. The van der Waals surface area contributed by atoms with E-state index in [1.165, 1.54) is 0 Å². The molecular weight excluding hydrogens is 266 g/mol. The largest absolute Gasteiger partial charge is 0.454 e. The number of para-hydroxylation sites is 1. The fourth-order valence-electron chi connectivity index (χ4n) is 2.59. The van der Waals surface area contributed by atoms with Crippen LogP contribution < -0.4 is 14.8 Å². The van der Waals surface area contributed by atoms with Gasteiger partial charge in [-0.2, -0.15) is 0 Å². The summed E-state index contributed by atoms with van der Waals surface area (Å²) >= 11 is 0. The molecule has 2 heterocycles. The lowest BCUT2D eigenvalue weighted by molar-refractivity contribution is 0.173. The molecule has 3 rings (SSSR count). The lowest BCUT2D eigenvalue weighted by atomic mass is 10.2. The van der Waals surface area contributed by atoms with Gasteiger partial charge in [-0.1, -0.05) is 12.1 Å². The number of fused-ring (bicyclic) bond motifs is 1. The molecule has 6 heteroatoms. The van der Waals surface area contributed by atoms with E-state index in [1.807, 2.05) is 18.2 Å². The number of ether oxygens (including phenoxy) is 2. The molecule has 1 fully saturated rings. The molecule has 0 spiro atoms. The minimum Gasteiger partial charge on any atom is -0.454 e. The van der Waals surface area contributed by atoms with E-state index >= 15 is 0 Å². The van der Waals surface area contributed by atoms with Gasteiger partial charge in [0, 0.05) is 18.7 Å². The van der Waals surface area contributed by atoms with Crippen LogP contribution in [0.4, 0.5) is 0 Å². The molecule has 0 radical (unpaired) electrons. The van der Waals surface area contributed by atoms with E-state index in [1.54, 1.807) is 0 Å². The average molecular weight is 283 g/mol. The maximum Gasteiger partial charge on any atom is 0.231 e. The molecule has 1 aromatic carbocycles. The SMILES string of the molecule is O=S1(=O)CCCC1CNCc1cccc2c1OCO2. The number of hydrogen-bond acceptors (Lipinski definition) is 5. The Bertz CT molecular complexity index is 570. The van der Waals surface area contributed by atoms with Crippen LogP contribution in [0.2, 0.25) is 0 Å². The minimum absolute atomic E-state index is 0.235. The van der Waals surface area contributed by atoms with Crippen LogP contribution in [-0.2, 0) is 16.4 Å².